The van der Waals surface area contributed by atoms with Crippen LogP contribution in [0.3, 0.4) is 0 Å². The van der Waals surface area contributed by atoms with E-state index in [1.807, 2.05) is 75.4 Å². The molecule has 2 aromatic rings. The molecular weight excluding hydrogens is 326 g/mol. The summed E-state index contributed by atoms with van der Waals surface area (Å²) in [5, 5.41) is 9.67. The maximum Gasteiger partial charge on any atom is 0.308 e. The Morgan fingerprint density at radius 3 is 2.23 bits per heavy atom. The zero-order valence-corrected chi connectivity index (χ0v) is 15.5. The standard InChI is InChI=1S/C22H25NO3/c1-15-9-7-8-12-19(15)22(2,3)21(26)23-13-17(18(14-23)20(24)25)16-10-5-4-6-11-16/h4-12,17-18H,13-14H2,1-3H3,(H,24,25)/t17-,18-/m0/s1. The van der Waals surface area contributed by atoms with Gasteiger partial charge >= 0.3 is 5.97 Å². The van der Waals surface area contributed by atoms with Crippen LogP contribution in [0.25, 0.3) is 0 Å². The normalized spacial score (nSPS) is 20.2. The van der Waals surface area contributed by atoms with Gasteiger partial charge in [-0.2, -0.15) is 0 Å². The SMILES string of the molecule is Cc1ccccc1C(C)(C)C(=O)N1C[C@H](C(=O)O)[C@H](c2ccccc2)C1. The third kappa shape index (κ3) is 3.24. The van der Waals surface area contributed by atoms with Crippen LogP contribution in [0.1, 0.15) is 36.5 Å². The number of hydrogen-bond acceptors (Lipinski definition) is 2. The number of hydrogen-bond donors (Lipinski definition) is 1. The highest BCUT2D eigenvalue weighted by atomic mass is 16.4. The number of carbonyl (C=O) groups is 2. The van der Waals surface area contributed by atoms with Crippen LogP contribution in [0, 0.1) is 12.8 Å². The van der Waals surface area contributed by atoms with Crippen molar-refractivity contribution < 1.29 is 14.7 Å². The molecule has 2 aromatic carbocycles. The van der Waals surface area contributed by atoms with Gasteiger partial charge in [-0.25, -0.2) is 0 Å². The van der Waals surface area contributed by atoms with Gasteiger partial charge in [-0.05, 0) is 37.5 Å². The van der Waals surface area contributed by atoms with Crippen molar-refractivity contribution in [1.29, 1.82) is 0 Å². The van der Waals surface area contributed by atoms with E-state index in [-0.39, 0.29) is 18.4 Å². The van der Waals surface area contributed by atoms with Crippen LogP contribution in [0.5, 0.6) is 0 Å². The molecule has 2 atom stereocenters. The molecule has 1 saturated heterocycles. The maximum absolute atomic E-state index is 13.3. The summed E-state index contributed by atoms with van der Waals surface area (Å²) in [5.41, 5.74) is 2.34. The van der Waals surface area contributed by atoms with E-state index in [4.69, 9.17) is 0 Å². The molecule has 0 aliphatic carbocycles. The minimum Gasteiger partial charge on any atom is -0.481 e. The number of amides is 1. The van der Waals surface area contributed by atoms with Crippen LogP contribution >= 0.6 is 0 Å². The molecular formula is C22H25NO3. The number of carboxylic acids is 1. The van der Waals surface area contributed by atoms with E-state index >= 15 is 0 Å². The van der Waals surface area contributed by atoms with Gasteiger partial charge in [0, 0.05) is 19.0 Å². The van der Waals surface area contributed by atoms with Gasteiger partial charge in [0.2, 0.25) is 5.91 Å². The second-order valence-corrected chi connectivity index (χ2v) is 7.61. The Morgan fingerprint density at radius 2 is 1.62 bits per heavy atom. The summed E-state index contributed by atoms with van der Waals surface area (Å²) < 4.78 is 0. The summed E-state index contributed by atoms with van der Waals surface area (Å²) in [6.07, 6.45) is 0. The maximum atomic E-state index is 13.3. The predicted octanol–water partition coefficient (Wildman–Crippen LogP) is 3.60. The molecule has 26 heavy (non-hydrogen) atoms. The van der Waals surface area contributed by atoms with Gasteiger partial charge in [-0.1, -0.05) is 54.6 Å². The minimum atomic E-state index is -0.845. The monoisotopic (exact) mass is 351 g/mol. The number of benzene rings is 2. The molecule has 1 fully saturated rings. The lowest BCUT2D eigenvalue weighted by Gasteiger charge is -2.31. The Balaban J connectivity index is 1.89. The van der Waals surface area contributed by atoms with Crippen molar-refractivity contribution in [1.82, 2.24) is 4.90 Å². The lowest BCUT2D eigenvalue weighted by molar-refractivity contribution is -0.142. The molecule has 136 valence electrons. The van der Waals surface area contributed by atoms with E-state index in [1.165, 1.54) is 0 Å². The first kappa shape index (κ1) is 18.2. The van der Waals surface area contributed by atoms with Gasteiger partial charge in [0.05, 0.1) is 11.3 Å². The molecule has 3 rings (SSSR count). The largest absolute Gasteiger partial charge is 0.481 e. The van der Waals surface area contributed by atoms with Gasteiger partial charge in [0.25, 0.3) is 0 Å². The average Bonchev–Trinajstić information content (AvgIpc) is 3.07. The summed E-state index contributed by atoms with van der Waals surface area (Å²) >= 11 is 0. The molecule has 4 heteroatoms. The molecule has 0 saturated carbocycles. The van der Waals surface area contributed by atoms with Crippen molar-refractivity contribution in [2.24, 2.45) is 5.92 Å². The van der Waals surface area contributed by atoms with E-state index < -0.39 is 17.3 Å². The molecule has 0 spiro atoms. The third-order valence-electron chi connectivity index (χ3n) is 5.51. The molecule has 0 unspecified atom stereocenters. The quantitative estimate of drug-likeness (QED) is 0.916. The smallest absolute Gasteiger partial charge is 0.308 e. The Labute approximate surface area is 154 Å². The molecule has 4 nitrogen and oxygen atoms in total. The van der Waals surface area contributed by atoms with E-state index in [0.29, 0.717) is 6.54 Å². The Kier molecular flexibility index (Phi) is 4.86. The van der Waals surface area contributed by atoms with Gasteiger partial charge in [0.1, 0.15) is 0 Å². The van der Waals surface area contributed by atoms with Crippen molar-refractivity contribution in [3.8, 4) is 0 Å². The van der Waals surface area contributed by atoms with Crippen LogP contribution in [0.4, 0.5) is 0 Å². The summed E-state index contributed by atoms with van der Waals surface area (Å²) in [4.78, 5) is 26.8. The number of nitrogens with zero attached hydrogens (tertiary/aromatic N) is 1. The fourth-order valence-corrected chi connectivity index (χ4v) is 4.04. The van der Waals surface area contributed by atoms with E-state index in [0.717, 1.165) is 16.7 Å². The van der Waals surface area contributed by atoms with Gasteiger partial charge in [-0.15, -0.1) is 0 Å². The number of carboxylic acid groups (broad SMARTS) is 1. The van der Waals surface area contributed by atoms with Crippen LogP contribution in [0.15, 0.2) is 54.6 Å². The van der Waals surface area contributed by atoms with E-state index in [1.54, 1.807) is 4.90 Å². The summed E-state index contributed by atoms with van der Waals surface area (Å²) in [6, 6.07) is 17.5. The van der Waals surface area contributed by atoms with Crippen molar-refractivity contribution in [3.63, 3.8) is 0 Å². The van der Waals surface area contributed by atoms with Gasteiger partial charge in [-0.3, -0.25) is 9.59 Å². The molecule has 1 N–H and O–H groups in total. The fourth-order valence-electron chi connectivity index (χ4n) is 4.04. The van der Waals surface area contributed by atoms with Crippen molar-refractivity contribution in [2.45, 2.75) is 32.1 Å². The molecule has 0 radical (unpaired) electrons. The molecule has 1 amide bonds. The molecule has 0 aromatic heterocycles. The number of aliphatic carboxylic acids is 1. The van der Waals surface area contributed by atoms with Crippen molar-refractivity contribution in [3.05, 3.63) is 71.3 Å². The molecule has 1 heterocycles. The Hall–Kier alpha value is -2.62. The number of rotatable bonds is 4. The van der Waals surface area contributed by atoms with Crippen LogP contribution in [0.2, 0.25) is 0 Å². The summed E-state index contributed by atoms with van der Waals surface area (Å²) in [5.74, 6) is -1.61. The van der Waals surface area contributed by atoms with Gasteiger partial charge < -0.3 is 10.0 Å². The summed E-state index contributed by atoms with van der Waals surface area (Å²) in [7, 11) is 0. The summed E-state index contributed by atoms with van der Waals surface area (Å²) in [6.45, 7) is 6.53. The Bertz CT molecular complexity index is 813. The molecule has 1 aliphatic rings. The number of aryl methyl sites for hydroxylation is 1. The first-order valence-electron chi connectivity index (χ1n) is 8.95. The number of carbonyl (C=O) groups excluding carboxylic acids is 1. The lowest BCUT2D eigenvalue weighted by Crippen LogP contribution is -2.43. The molecule has 0 bridgehead atoms. The van der Waals surface area contributed by atoms with E-state index in [9.17, 15) is 14.7 Å². The fraction of sp³-hybridized carbons (Fsp3) is 0.364. The second kappa shape index (κ2) is 6.94. The zero-order valence-electron chi connectivity index (χ0n) is 15.5. The average molecular weight is 351 g/mol. The third-order valence-corrected chi connectivity index (χ3v) is 5.51. The predicted molar refractivity (Wildman–Crippen MR) is 101 cm³/mol. The Morgan fingerprint density at radius 1 is 1.00 bits per heavy atom. The first-order valence-corrected chi connectivity index (χ1v) is 8.95. The highest BCUT2D eigenvalue weighted by Crippen LogP contribution is 2.36. The van der Waals surface area contributed by atoms with Crippen molar-refractivity contribution >= 4 is 11.9 Å². The van der Waals surface area contributed by atoms with E-state index in [2.05, 4.69) is 0 Å². The van der Waals surface area contributed by atoms with Crippen LogP contribution in [-0.2, 0) is 15.0 Å². The molecule has 1 aliphatic heterocycles. The highest BCUT2D eigenvalue weighted by Gasteiger charge is 2.44. The van der Waals surface area contributed by atoms with Gasteiger partial charge in [0.15, 0.2) is 0 Å². The second-order valence-electron chi connectivity index (χ2n) is 7.61. The zero-order chi connectivity index (χ0) is 18.9. The highest BCUT2D eigenvalue weighted by molar-refractivity contribution is 5.89. The van der Waals surface area contributed by atoms with Crippen LogP contribution < -0.4 is 0 Å². The van der Waals surface area contributed by atoms with Crippen molar-refractivity contribution in [2.75, 3.05) is 13.1 Å². The lowest BCUT2D eigenvalue weighted by atomic mass is 9.81. The number of likely N-dealkylation sites (tertiary alicyclic amines) is 1. The topological polar surface area (TPSA) is 57.6 Å². The van der Waals surface area contributed by atoms with Crippen LogP contribution in [-0.4, -0.2) is 35.0 Å². The first-order chi connectivity index (χ1) is 12.3. The minimum absolute atomic E-state index is 0.0171.